The molecule has 6 nitrogen and oxygen atoms in total. The van der Waals surface area contributed by atoms with Gasteiger partial charge in [0.25, 0.3) is 0 Å². The van der Waals surface area contributed by atoms with Gasteiger partial charge in [-0.05, 0) is 37.3 Å². The molecule has 1 saturated carbocycles. The molecule has 0 unspecified atom stereocenters. The number of carbonyl (C=O) groups excluding carboxylic acids is 1. The number of rotatable bonds is 5. The third kappa shape index (κ3) is 2.97. The maximum Gasteiger partial charge on any atom is 0.223 e. The lowest BCUT2D eigenvalue weighted by molar-refractivity contribution is -0.132. The van der Waals surface area contributed by atoms with Crippen molar-refractivity contribution in [2.24, 2.45) is 5.92 Å². The largest absolute Gasteiger partial charge is 0.466 e. The Bertz CT molecular complexity index is 735. The Morgan fingerprint density at radius 2 is 2.25 bits per heavy atom. The molecule has 1 aliphatic carbocycles. The number of carbonyl (C=O) groups is 1. The molecule has 2 aromatic rings. The zero-order valence-corrected chi connectivity index (χ0v) is 14.2. The lowest BCUT2D eigenvalue weighted by atomic mass is 10.2. The molecule has 1 saturated heterocycles. The second-order valence-corrected chi connectivity index (χ2v) is 7.04. The Morgan fingerprint density at radius 1 is 1.42 bits per heavy atom. The summed E-state index contributed by atoms with van der Waals surface area (Å²) in [5.41, 5.74) is 0. The van der Waals surface area contributed by atoms with E-state index in [1.165, 1.54) is 6.42 Å². The summed E-state index contributed by atoms with van der Waals surface area (Å²) in [6, 6.07) is 4.03. The Kier molecular flexibility index (Phi) is 3.90. The van der Waals surface area contributed by atoms with Crippen molar-refractivity contribution in [3.8, 4) is 0 Å². The fraction of sp³-hybridized carbons (Fsp3) is 0.611. The number of hydrogen-bond donors (Lipinski definition) is 0. The lowest BCUT2D eigenvalue weighted by Gasteiger charge is -2.22. The first-order valence-electron chi connectivity index (χ1n) is 8.80. The van der Waals surface area contributed by atoms with Gasteiger partial charge in [0.2, 0.25) is 11.8 Å². The minimum Gasteiger partial charge on any atom is -0.466 e. The molecule has 128 valence electrons. The number of aryl methyl sites for hydroxylation is 2. The lowest BCUT2D eigenvalue weighted by Crippen LogP contribution is -2.31. The van der Waals surface area contributed by atoms with Crippen LogP contribution in [0.3, 0.4) is 0 Å². The van der Waals surface area contributed by atoms with Crippen molar-refractivity contribution in [3.63, 3.8) is 0 Å². The molecule has 4 rings (SSSR count). The fourth-order valence-corrected chi connectivity index (χ4v) is 3.60. The molecule has 1 aliphatic heterocycles. The van der Waals surface area contributed by atoms with Gasteiger partial charge in [0.05, 0.1) is 6.04 Å². The number of aromatic nitrogens is 2. The van der Waals surface area contributed by atoms with Gasteiger partial charge in [-0.1, -0.05) is 12.1 Å². The maximum atomic E-state index is 12.6. The molecular weight excluding hydrogens is 306 g/mol. The Balaban J connectivity index is 1.36. The third-order valence-electron chi connectivity index (χ3n) is 5.16. The van der Waals surface area contributed by atoms with Crippen LogP contribution < -0.4 is 0 Å². The zero-order chi connectivity index (χ0) is 16.7. The first kappa shape index (κ1) is 15.4. The molecule has 2 aliphatic rings. The molecule has 0 radical (unpaired) electrons. The first-order valence-corrected chi connectivity index (χ1v) is 8.80. The summed E-state index contributed by atoms with van der Waals surface area (Å²) < 4.78 is 11.0. The SMILES string of the molecule is Cc1nc([C@@H]2CCCN2C(=O)CCc2ccc([C@@H]3C[C@@H]3C)o2)no1. The maximum absolute atomic E-state index is 12.6. The van der Waals surface area contributed by atoms with E-state index in [1.54, 1.807) is 6.92 Å². The van der Waals surface area contributed by atoms with Crippen LogP contribution in [0.2, 0.25) is 0 Å². The molecular formula is C18H23N3O3. The van der Waals surface area contributed by atoms with Gasteiger partial charge in [0, 0.05) is 32.2 Å². The molecule has 1 amide bonds. The number of furan rings is 1. The van der Waals surface area contributed by atoms with E-state index in [4.69, 9.17) is 8.94 Å². The van der Waals surface area contributed by atoms with Gasteiger partial charge < -0.3 is 13.8 Å². The standard InChI is InChI=1S/C18H23N3O3/c1-11-10-14(11)16-7-5-13(23-16)6-8-17(22)21-9-3-4-15(21)18-19-12(2)24-20-18/h5,7,11,14-15H,3-4,6,8-10H2,1-2H3/t11-,14+,15-/m0/s1. The van der Waals surface area contributed by atoms with Crippen LogP contribution in [-0.2, 0) is 11.2 Å². The average molecular weight is 329 g/mol. The van der Waals surface area contributed by atoms with E-state index in [0.29, 0.717) is 30.5 Å². The summed E-state index contributed by atoms with van der Waals surface area (Å²) in [6.45, 7) is 4.77. The van der Waals surface area contributed by atoms with Crippen molar-refractivity contribution in [3.05, 3.63) is 35.4 Å². The van der Waals surface area contributed by atoms with E-state index in [-0.39, 0.29) is 11.9 Å². The molecule has 24 heavy (non-hydrogen) atoms. The molecule has 0 aromatic carbocycles. The Morgan fingerprint density at radius 3 is 2.96 bits per heavy atom. The van der Waals surface area contributed by atoms with Crippen LogP contribution in [0.4, 0.5) is 0 Å². The molecule has 6 heteroatoms. The minimum atomic E-state index is -0.0468. The Labute approximate surface area is 141 Å². The van der Waals surface area contributed by atoms with Gasteiger partial charge in [-0.25, -0.2) is 0 Å². The predicted molar refractivity (Wildman–Crippen MR) is 86.3 cm³/mol. The van der Waals surface area contributed by atoms with Gasteiger partial charge >= 0.3 is 0 Å². The van der Waals surface area contributed by atoms with Crippen LogP contribution in [0.1, 0.15) is 67.8 Å². The summed E-state index contributed by atoms with van der Waals surface area (Å²) in [5, 5.41) is 3.99. The van der Waals surface area contributed by atoms with Crippen LogP contribution in [-0.4, -0.2) is 27.5 Å². The number of hydrogen-bond acceptors (Lipinski definition) is 5. The van der Waals surface area contributed by atoms with Crippen LogP contribution in [0, 0.1) is 12.8 Å². The topological polar surface area (TPSA) is 72.4 Å². The van der Waals surface area contributed by atoms with Crippen molar-refractivity contribution in [1.29, 1.82) is 0 Å². The first-order chi connectivity index (χ1) is 11.6. The van der Waals surface area contributed by atoms with E-state index in [1.807, 2.05) is 11.0 Å². The van der Waals surface area contributed by atoms with Crippen LogP contribution >= 0.6 is 0 Å². The van der Waals surface area contributed by atoms with Crippen molar-refractivity contribution in [2.45, 2.75) is 57.9 Å². The second kappa shape index (κ2) is 6.07. The van der Waals surface area contributed by atoms with Crippen molar-refractivity contribution < 1.29 is 13.7 Å². The highest BCUT2D eigenvalue weighted by Crippen LogP contribution is 2.47. The zero-order valence-electron chi connectivity index (χ0n) is 14.2. The third-order valence-corrected chi connectivity index (χ3v) is 5.16. The highest BCUT2D eigenvalue weighted by atomic mass is 16.5. The monoisotopic (exact) mass is 329 g/mol. The van der Waals surface area contributed by atoms with E-state index in [2.05, 4.69) is 23.1 Å². The van der Waals surface area contributed by atoms with Gasteiger partial charge in [0.1, 0.15) is 11.5 Å². The van der Waals surface area contributed by atoms with Crippen LogP contribution in [0.25, 0.3) is 0 Å². The smallest absolute Gasteiger partial charge is 0.223 e. The van der Waals surface area contributed by atoms with Crippen molar-refractivity contribution in [2.75, 3.05) is 6.54 Å². The van der Waals surface area contributed by atoms with E-state index in [9.17, 15) is 4.79 Å². The highest BCUT2D eigenvalue weighted by molar-refractivity contribution is 5.77. The molecule has 3 atom stereocenters. The van der Waals surface area contributed by atoms with E-state index < -0.39 is 0 Å². The molecule has 2 aromatic heterocycles. The van der Waals surface area contributed by atoms with E-state index in [0.717, 1.165) is 36.8 Å². The van der Waals surface area contributed by atoms with Crippen LogP contribution in [0.5, 0.6) is 0 Å². The van der Waals surface area contributed by atoms with Crippen molar-refractivity contribution in [1.82, 2.24) is 15.0 Å². The quantitative estimate of drug-likeness (QED) is 0.840. The number of likely N-dealkylation sites (tertiary alicyclic amines) is 1. The molecule has 0 spiro atoms. The van der Waals surface area contributed by atoms with Gasteiger partial charge in [-0.3, -0.25) is 4.79 Å². The molecule has 2 fully saturated rings. The average Bonchev–Trinajstić information content (AvgIpc) is 3.03. The minimum absolute atomic E-state index is 0.0468. The summed E-state index contributed by atoms with van der Waals surface area (Å²) >= 11 is 0. The normalized spacial score (nSPS) is 26.1. The number of nitrogens with zero attached hydrogens (tertiary/aromatic N) is 3. The van der Waals surface area contributed by atoms with Crippen molar-refractivity contribution >= 4 is 5.91 Å². The van der Waals surface area contributed by atoms with Gasteiger partial charge in [-0.15, -0.1) is 0 Å². The predicted octanol–water partition coefficient (Wildman–Crippen LogP) is 3.39. The number of amides is 1. The summed E-state index contributed by atoms with van der Waals surface area (Å²) in [7, 11) is 0. The fourth-order valence-electron chi connectivity index (χ4n) is 3.60. The molecule has 0 N–H and O–H groups in total. The Hall–Kier alpha value is -2.11. The van der Waals surface area contributed by atoms with Gasteiger partial charge in [0.15, 0.2) is 5.82 Å². The molecule has 3 heterocycles. The summed E-state index contributed by atoms with van der Waals surface area (Å²) in [6.07, 6.45) is 4.20. The highest BCUT2D eigenvalue weighted by Gasteiger charge is 2.37. The molecule has 0 bridgehead atoms. The van der Waals surface area contributed by atoms with Crippen LogP contribution in [0.15, 0.2) is 21.1 Å². The van der Waals surface area contributed by atoms with E-state index >= 15 is 0 Å². The second-order valence-electron chi connectivity index (χ2n) is 7.04. The summed E-state index contributed by atoms with van der Waals surface area (Å²) in [4.78, 5) is 18.8. The van der Waals surface area contributed by atoms with Gasteiger partial charge in [-0.2, -0.15) is 4.98 Å². The summed E-state index contributed by atoms with van der Waals surface area (Å²) in [5.74, 6) is 4.60.